The van der Waals surface area contributed by atoms with Crippen LogP contribution in [0.25, 0.3) is 43.8 Å². The third-order valence-corrected chi connectivity index (χ3v) is 7.59. The van der Waals surface area contributed by atoms with Gasteiger partial charge in [0.1, 0.15) is 17.8 Å². The van der Waals surface area contributed by atoms with E-state index in [0.29, 0.717) is 11.5 Å². The second-order valence-electron chi connectivity index (χ2n) is 8.74. The fraction of sp³-hybridized carbons (Fsp3) is 0.240. The molecule has 1 amide bonds. The van der Waals surface area contributed by atoms with E-state index in [1.165, 1.54) is 6.33 Å². The lowest BCUT2D eigenvalue weighted by Gasteiger charge is -2.27. The van der Waals surface area contributed by atoms with Gasteiger partial charge in [-0.25, -0.2) is 19.6 Å². The van der Waals surface area contributed by atoms with Crippen LogP contribution in [-0.2, 0) is 4.79 Å². The Morgan fingerprint density at radius 1 is 1.06 bits per heavy atom. The highest BCUT2D eigenvalue weighted by molar-refractivity contribution is 7.13. The number of hydrogen-bond acceptors (Lipinski definition) is 7. The Morgan fingerprint density at radius 2 is 1.88 bits per heavy atom. The summed E-state index contributed by atoms with van der Waals surface area (Å²) in [5, 5.41) is 8.84. The van der Waals surface area contributed by atoms with Crippen LogP contribution in [-0.4, -0.2) is 30.6 Å². The molecule has 1 aromatic carbocycles. The number of carbonyl (C=O) groups excluding carboxylic acids is 1. The van der Waals surface area contributed by atoms with Gasteiger partial charge in [-0.05, 0) is 49.3 Å². The van der Waals surface area contributed by atoms with Crippen molar-refractivity contribution in [1.82, 2.24) is 24.7 Å². The van der Waals surface area contributed by atoms with E-state index in [2.05, 4.69) is 39.6 Å². The topological polar surface area (TPSA) is 126 Å². The second kappa shape index (κ2) is 8.18. The Labute approximate surface area is 199 Å². The molecule has 1 aliphatic rings. The zero-order valence-electron chi connectivity index (χ0n) is 18.4. The smallest absolute Gasteiger partial charge is 0.220 e. The predicted octanol–water partition coefficient (Wildman–Crippen LogP) is 4.57. The average molecular weight is 470 g/mol. The van der Waals surface area contributed by atoms with E-state index >= 15 is 0 Å². The quantitative estimate of drug-likeness (QED) is 0.397. The molecular formula is C25H23N7OS. The molecule has 1 fully saturated rings. The largest absolute Gasteiger partial charge is 0.383 e. The summed E-state index contributed by atoms with van der Waals surface area (Å²) in [7, 11) is 0. The van der Waals surface area contributed by atoms with Crippen LogP contribution in [0, 0.1) is 5.92 Å². The van der Waals surface area contributed by atoms with E-state index in [-0.39, 0.29) is 17.9 Å². The zero-order valence-corrected chi connectivity index (χ0v) is 19.2. The zero-order chi connectivity index (χ0) is 23.2. The van der Waals surface area contributed by atoms with Gasteiger partial charge in [0, 0.05) is 16.9 Å². The fourth-order valence-corrected chi connectivity index (χ4v) is 5.58. The van der Waals surface area contributed by atoms with Crippen LogP contribution in [0.4, 0.5) is 5.82 Å². The maximum Gasteiger partial charge on any atom is 0.220 e. The monoisotopic (exact) mass is 469 g/mol. The van der Waals surface area contributed by atoms with Crippen LogP contribution in [0.5, 0.6) is 0 Å². The third kappa shape index (κ3) is 3.49. The highest BCUT2D eigenvalue weighted by atomic mass is 32.1. The lowest BCUT2D eigenvalue weighted by molar-refractivity contribution is -0.122. The van der Waals surface area contributed by atoms with Crippen molar-refractivity contribution < 1.29 is 4.79 Å². The highest BCUT2D eigenvalue weighted by Gasteiger charge is 2.29. The number of carbonyl (C=O) groups is 1. The van der Waals surface area contributed by atoms with E-state index in [9.17, 15) is 4.79 Å². The van der Waals surface area contributed by atoms with Gasteiger partial charge in [0.2, 0.25) is 5.91 Å². The molecule has 0 unspecified atom stereocenters. The molecule has 170 valence electrons. The number of nitrogens with two attached hydrogens (primary N) is 2. The van der Waals surface area contributed by atoms with Crippen LogP contribution in [0.15, 0.2) is 54.2 Å². The van der Waals surface area contributed by atoms with Crippen molar-refractivity contribution in [3.05, 3.63) is 54.2 Å². The minimum Gasteiger partial charge on any atom is -0.383 e. The van der Waals surface area contributed by atoms with Crippen molar-refractivity contribution in [3.8, 4) is 21.8 Å². The first-order chi connectivity index (χ1) is 16.6. The maximum absolute atomic E-state index is 11.6. The van der Waals surface area contributed by atoms with Gasteiger partial charge in [-0.1, -0.05) is 24.3 Å². The minimum absolute atomic E-state index is 0.0682. The number of nitrogens with zero attached hydrogens (tertiary/aromatic N) is 5. The third-order valence-electron chi connectivity index (χ3n) is 6.70. The summed E-state index contributed by atoms with van der Waals surface area (Å²) in [6.45, 7) is 0. The number of amides is 1. The van der Waals surface area contributed by atoms with Crippen molar-refractivity contribution in [2.75, 3.05) is 5.73 Å². The van der Waals surface area contributed by atoms with Gasteiger partial charge >= 0.3 is 0 Å². The summed E-state index contributed by atoms with van der Waals surface area (Å²) in [4.78, 5) is 26.4. The molecule has 6 rings (SSSR count). The van der Waals surface area contributed by atoms with Gasteiger partial charge in [0.15, 0.2) is 5.65 Å². The standard InChI is InChI=1S/C25H23N7OS/c26-23-21-22(16-4-3-14-7-10-18(30-19(14)12-16)20-2-1-11-34-20)31-32(25(21)29-13-28-23)17-8-5-15(6-9-17)24(27)33/h1-4,7,10-13,15,17H,5-6,8-9H2,(H2,27,33)(H2,26,28,29). The molecule has 4 N–H and O–H groups in total. The van der Waals surface area contributed by atoms with Gasteiger partial charge < -0.3 is 11.5 Å². The number of thiophene rings is 1. The van der Waals surface area contributed by atoms with Gasteiger partial charge in [-0.3, -0.25) is 4.79 Å². The fourth-order valence-electron chi connectivity index (χ4n) is 4.88. The van der Waals surface area contributed by atoms with E-state index in [1.54, 1.807) is 11.3 Å². The van der Waals surface area contributed by atoms with Gasteiger partial charge in [-0.2, -0.15) is 5.10 Å². The predicted molar refractivity (Wildman–Crippen MR) is 134 cm³/mol. The van der Waals surface area contributed by atoms with E-state index in [1.807, 2.05) is 22.9 Å². The number of nitrogen functional groups attached to an aromatic ring is 1. The summed E-state index contributed by atoms with van der Waals surface area (Å²) in [5.74, 6) is 0.112. The molecule has 5 aromatic rings. The molecule has 1 saturated carbocycles. The molecular weight excluding hydrogens is 446 g/mol. The average Bonchev–Trinajstić information content (AvgIpc) is 3.53. The molecule has 0 saturated heterocycles. The molecule has 1 aliphatic carbocycles. The Morgan fingerprint density at radius 3 is 2.65 bits per heavy atom. The first kappa shape index (κ1) is 20.7. The number of benzene rings is 1. The molecule has 0 spiro atoms. The number of pyridine rings is 1. The molecule has 0 bridgehead atoms. The summed E-state index contributed by atoms with van der Waals surface area (Å²) in [5.41, 5.74) is 16.1. The van der Waals surface area contributed by atoms with Crippen LogP contribution >= 0.6 is 11.3 Å². The molecule has 9 heteroatoms. The molecule has 34 heavy (non-hydrogen) atoms. The van der Waals surface area contributed by atoms with Crippen molar-refractivity contribution >= 4 is 45.0 Å². The van der Waals surface area contributed by atoms with E-state index in [4.69, 9.17) is 21.5 Å². The summed E-state index contributed by atoms with van der Waals surface area (Å²) in [6.07, 6.45) is 4.61. The Bertz CT molecular complexity index is 1520. The molecule has 4 aromatic heterocycles. The Hall–Kier alpha value is -3.85. The number of primary amides is 1. The van der Waals surface area contributed by atoms with Gasteiger partial charge in [0.05, 0.1) is 27.5 Å². The highest BCUT2D eigenvalue weighted by Crippen LogP contribution is 2.38. The number of anilines is 1. The van der Waals surface area contributed by atoms with Gasteiger partial charge in [0.25, 0.3) is 0 Å². The summed E-state index contributed by atoms with van der Waals surface area (Å²) < 4.78 is 1.96. The van der Waals surface area contributed by atoms with Crippen molar-refractivity contribution in [3.63, 3.8) is 0 Å². The molecule has 8 nitrogen and oxygen atoms in total. The maximum atomic E-state index is 11.6. The van der Waals surface area contributed by atoms with Crippen molar-refractivity contribution in [2.45, 2.75) is 31.7 Å². The number of aromatic nitrogens is 5. The Kier molecular flexibility index (Phi) is 4.99. The second-order valence-corrected chi connectivity index (χ2v) is 9.69. The molecule has 4 heterocycles. The van der Waals surface area contributed by atoms with E-state index < -0.39 is 0 Å². The minimum atomic E-state index is -0.221. The number of rotatable bonds is 4. The lowest BCUT2D eigenvalue weighted by atomic mass is 9.86. The first-order valence-corrected chi connectivity index (χ1v) is 12.2. The van der Waals surface area contributed by atoms with Crippen LogP contribution < -0.4 is 11.5 Å². The number of hydrogen-bond donors (Lipinski definition) is 2. The normalized spacial score (nSPS) is 18.5. The SMILES string of the molecule is NC(=O)C1CCC(n2nc(-c3ccc4ccc(-c5cccs5)nc4c3)c3c(N)ncnc32)CC1. The lowest BCUT2D eigenvalue weighted by Crippen LogP contribution is -2.28. The van der Waals surface area contributed by atoms with Gasteiger partial charge in [-0.15, -0.1) is 11.3 Å². The number of fused-ring (bicyclic) bond motifs is 2. The van der Waals surface area contributed by atoms with Crippen molar-refractivity contribution in [2.24, 2.45) is 11.7 Å². The molecule has 0 atom stereocenters. The van der Waals surface area contributed by atoms with Crippen LogP contribution in [0.1, 0.15) is 31.7 Å². The van der Waals surface area contributed by atoms with Crippen LogP contribution in [0.3, 0.4) is 0 Å². The summed E-state index contributed by atoms with van der Waals surface area (Å²) in [6, 6.07) is 14.5. The molecule has 0 radical (unpaired) electrons. The summed E-state index contributed by atoms with van der Waals surface area (Å²) >= 11 is 1.67. The van der Waals surface area contributed by atoms with E-state index in [0.717, 1.165) is 63.8 Å². The first-order valence-electron chi connectivity index (χ1n) is 11.3. The Balaban J connectivity index is 1.45. The molecule has 0 aliphatic heterocycles. The van der Waals surface area contributed by atoms with Crippen LogP contribution in [0.2, 0.25) is 0 Å². The van der Waals surface area contributed by atoms with Crippen molar-refractivity contribution in [1.29, 1.82) is 0 Å².